The smallest absolute Gasteiger partial charge is 0.303 e. The first-order valence-electron chi connectivity index (χ1n) is 10.5. The molecular formula is C23H29NO5S. The van der Waals surface area contributed by atoms with E-state index in [0.29, 0.717) is 18.4 Å². The van der Waals surface area contributed by atoms with E-state index in [4.69, 9.17) is 9.84 Å². The van der Waals surface area contributed by atoms with Crippen molar-refractivity contribution in [2.75, 3.05) is 6.61 Å². The summed E-state index contributed by atoms with van der Waals surface area (Å²) < 4.78 is 33.8. The molecule has 3 rings (SSSR count). The lowest BCUT2D eigenvalue weighted by atomic mass is 10.1. The van der Waals surface area contributed by atoms with Gasteiger partial charge in [0.15, 0.2) is 0 Å². The number of carboxylic acid groups (broad SMARTS) is 1. The molecule has 0 radical (unpaired) electrons. The van der Waals surface area contributed by atoms with E-state index in [2.05, 4.69) is 6.92 Å². The molecule has 1 aromatic carbocycles. The predicted octanol–water partition coefficient (Wildman–Crippen LogP) is 2.45. The van der Waals surface area contributed by atoms with Gasteiger partial charge in [-0.2, -0.15) is 0 Å². The first-order valence-corrected chi connectivity index (χ1v) is 11.9. The average molecular weight is 432 g/mol. The zero-order chi connectivity index (χ0) is 21.7. The van der Waals surface area contributed by atoms with Crippen LogP contribution in [-0.4, -0.2) is 36.2 Å². The van der Waals surface area contributed by atoms with E-state index in [-0.39, 0.29) is 23.8 Å². The molecule has 1 aliphatic carbocycles. The molecule has 1 aliphatic rings. The molecule has 6 nitrogen and oxygen atoms in total. The van der Waals surface area contributed by atoms with Crippen LogP contribution in [0, 0.1) is 0 Å². The van der Waals surface area contributed by atoms with Gasteiger partial charge in [-0.05, 0) is 67.2 Å². The van der Waals surface area contributed by atoms with Crippen LogP contribution in [0.15, 0.2) is 35.4 Å². The summed E-state index contributed by atoms with van der Waals surface area (Å²) in [6, 6.07) is 7.03. The fraction of sp³-hybridized carbons (Fsp3) is 0.435. The SMILES string of the molecule is CCCCc1ccc(S(=O)(=O)n2cc(CCC(=O)O)c3c2=CC(OCC)CC=3)cc1. The Morgan fingerprint density at radius 2 is 1.93 bits per heavy atom. The molecule has 0 spiro atoms. The molecule has 2 aromatic rings. The maximum atomic E-state index is 13.4. The van der Waals surface area contributed by atoms with Crippen LogP contribution in [0.5, 0.6) is 0 Å². The molecule has 0 amide bonds. The van der Waals surface area contributed by atoms with Crippen LogP contribution in [0.4, 0.5) is 0 Å². The maximum Gasteiger partial charge on any atom is 0.303 e. The summed E-state index contributed by atoms with van der Waals surface area (Å²) in [5.41, 5.74) is 1.84. The van der Waals surface area contributed by atoms with Crippen molar-refractivity contribution in [1.82, 2.24) is 3.97 Å². The third kappa shape index (κ3) is 4.84. The van der Waals surface area contributed by atoms with Gasteiger partial charge in [0, 0.05) is 19.2 Å². The molecule has 1 heterocycles. The van der Waals surface area contributed by atoms with E-state index in [0.717, 1.165) is 35.6 Å². The standard InChI is InChI=1S/C23H29NO5S/c1-3-5-6-17-7-11-20(12-8-17)30(27,28)24-16-18(9-14-23(25)26)21-13-10-19(29-4-2)15-22(21)24/h7-8,11-13,15-16,19H,3-6,9-10,14H2,1-2H3,(H,25,26). The molecule has 1 atom stereocenters. The summed E-state index contributed by atoms with van der Waals surface area (Å²) in [6.07, 6.45) is 9.08. The van der Waals surface area contributed by atoms with Crippen molar-refractivity contribution in [3.8, 4) is 0 Å². The number of aromatic nitrogens is 1. The van der Waals surface area contributed by atoms with Crippen molar-refractivity contribution in [2.45, 2.75) is 63.4 Å². The third-order valence-corrected chi connectivity index (χ3v) is 7.01. The third-order valence-electron chi connectivity index (χ3n) is 5.32. The zero-order valence-electron chi connectivity index (χ0n) is 17.5. The topological polar surface area (TPSA) is 85.6 Å². The van der Waals surface area contributed by atoms with Crippen LogP contribution in [0.25, 0.3) is 12.2 Å². The summed E-state index contributed by atoms with van der Waals surface area (Å²) >= 11 is 0. The lowest BCUT2D eigenvalue weighted by Crippen LogP contribution is -2.38. The van der Waals surface area contributed by atoms with E-state index in [1.165, 1.54) is 3.97 Å². The molecule has 7 heteroatoms. The van der Waals surface area contributed by atoms with Gasteiger partial charge in [-0.15, -0.1) is 0 Å². The number of aryl methyl sites for hydroxylation is 2. The van der Waals surface area contributed by atoms with Crippen molar-refractivity contribution < 1.29 is 23.1 Å². The molecule has 0 fully saturated rings. The van der Waals surface area contributed by atoms with E-state index in [1.807, 2.05) is 31.2 Å². The van der Waals surface area contributed by atoms with Crippen LogP contribution < -0.4 is 10.6 Å². The molecule has 1 unspecified atom stereocenters. The number of hydrogen-bond donors (Lipinski definition) is 1. The number of ether oxygens (including phenoxy) is 1. The Morgan fingerprint density at radius 1 is 1.20 bits per heavy atom. The first kappa shape index (κ1) is 22.3. The number of nitrogens with zero attached hydrogens (tertiary/aromatic N) is 1. The second-order valence-corrected chi connectivity index (χ2v) is 9.31. The van der Waals surface area contributed by atoms with Gasteiger partial charge >= 0.3 is 5.97 Å². The molecule has 0 aliphatic heterocycles. The largest absolute Gasteiger partial charge is 0.481 e. The number of rotatable bonds is 10. The number of hydrogen-bond acceptors (Lipinski definition) is 4. The molecule has 0 saturated carbocycles. The number of carboxylic acids is 1. The van der Waals surface area contributed by atoms with Crippen LogP contribution >= 0.6 is 0 Å². The van der Waals surface area contributed by atoms with Crippen molar-refractivity contribution >= 4 is 28.1 Å². The van der Waals surface area contributed by atoms with Crippen molar-refractivity contribution in [3.63, 3.8) is 0 Å². The van der Waals surface area contributed by atoms with Gasteiger partial charge in [0.1, 0.15) is 0 Å². The fourth-order valence-corrected chi connectivity index (χ4v) is 5.12. The van der Waals surface area contributed by atoms with E-state index < -0.39 is 16.0 Å². The Bertz CT molecular complexity index is 1110. The highest BCUT2D eigenvalue weighted by Crippen LogP contribution is 2.16. The molecule has 162 valence electrons. The van der Waals surface area contributed by atoms with Gasteiger partial charge in [0.25, 0.3) is 10.0 Å². The Labute approximate surface area is 177 Å². The highest BCUT2D eigenvalue weighted by atomic mass is 32.2. The lowest BCUT2D eigenvalue weighted by Gasteiger charge is -2.14. The van der Waals surface area contributed by atoms with E-state index in [9.17, 15) is 13.2 Å². The van der Waals surface area contributed by atoms with Gasteiger partial charge in [-0.3, -0.25) is 4.79 Å². The van der Waals surface area contributed by atoms with Gasteiger partial charge < -0.3 is 9.84 Å². The number of unbranched alkanes of at least 4 members (excludes halogenated alkanes) is 1. The predicted molar refractivity (Wildman–Crippen MR) is 116 cm³/mol. The molecule has 1 aromatic heterocycles. The number of fused-ring (bicyclic) bond motifs is 1. The summed E-state index contributed by atoms with van der Waals surface area (Å²) in [7, 11) is -3.81. The summed E-state index contributed by atoms with van der Waals surface area (Å²) in [6.45, 7) is 4.55. The van der Waals surface area contributed by atoms with Gasteiger partial charge in [0.05, 0.1) is 16.3 Å². The summed E-state index contributed by atoms with van der Waals surface area (Å²) in [5.74, 6) is -0.908. The molecular weight excluding hydrogens is 402 g/mol. The van der Waals surface area contributed by atoms with Crippen molar-refractivity contribution in [2.24, 2.45) is 0 Å². The Hall–Kier alpha value is -2.38. The first-order chi connectivity index (χ1) is 14.4. The van der Waals surface area contributed by atoms with Crippen molar-refractivity contribution in [1.29, 1.82) is 0 Å². The minimum absolute atomic E-state index is 0.0502. The lowest BCUT2D eigenvalue weighted by molar-refractivity contribution is -0.136. The minimum Gasteiger partial charge on any atom is -0.481 e. The summed E-state index contributed by atoms with van der Waals surface area (Å²) in [4.78, 5) is 11.3. The van der Waals surface area contributed by atoms with Crippen LogP contribution in [0.3, 0.4) is 0 Å². The highest BCUT2D eigenvalue weighted by Gasteiger charge is 2.22. The molecule has 1 N–H and O–H groups in total. The number of carbonyl (C=O) groups is 1. The van der Waals surface area contributed by atoms with Crippen LogP contribution in [-0.2, 0) is 32.4 Å². The van der Waals surface area contributed by atoms with E-state index in [1.54, 1.807) is 18.3 Å². The Kier molecular flexibility index (Phi) is 7.15. The molecule has 0 bridgehead atoms. The average Bonchev–Trinajstić information content (AvgIpc) is 3.10. The zero-order valence-corrected chi connectivity index (χ0v) is 18.3. The quantitative estimate of drug-likeness (QED) is 0.625. The van der Waals surface area contributed by atoms with E-state index >= 15 is 0 Å². The van der Waals surface area contributed by atoms with Gasteiger partial charge in [-0.25, -0.2) is 12.4 Å². The summed E-state index contributed by atoms with van der Waals surface area (Å²) in [5, 5.41) is 10.4. The second-order valence-electron chi connectivity index (χ2n) is 7.50. The fourth-order valence-electron chi connectivity index (χ4n) is 3.73. The second kappa shape index (κ2) is 9.62. The Morgan fingerprint density at radius 3 is 2.57 bits per heavy atom. The van der Waals surface area contributed by atoms with Gasteiger partial charge in [0.2, 0.25) is 0 Å². The molecule has 0 saturated heterocycles. The van der Waals surface area contributed by atoms with Crippen molar-refractivity contribution in [3.05, 3.63) is 52.2 Å². The monoisotopic (exact) mass is 431 g/mol. The minimum atomic E-state index is -3.81. The van der Waals surface area contributed by atoms with Crippen LogP contribution in [0.1, 0.15) is 50.7 Å². The van der Waals surface area contributed by atoms with Crippen LogP contribution in [0.2, 0.25) is 0 Å². The Balaban J connectivity index is 2.05. The molecule has 30 heavy (non-hydrogen) atoms. The number of benzene rings is 1. The number of aliphatic carboxylic acids is 1. The normalized spacial score (nSPS) is 15.9. The highest BCUT2D eigenvalue weighted by molar-refractivity contribution is 7.90. The maximum absolute atomic E-state index is 13.4. The van der Waals surface area contributed by atoms with Gasteiger partial charge in [-0.1, -0.05) is 31.6 Å².